The van der Waals surface area contributed by atoms with Gasteiger partial charge in [0.1, 0.15) is 0 Å². The van der Waals surface area contributed by atoms with Crippen LogP contribution in [0.25, 0.3) is 10.8 Å². The molecule has 0 heterocycles. The Labute approximate surface area is 187 Å². The van der Waals surface area contributed by atoms with Gasteiger partial charge in [-0.05, 0) is 34.9 Å². The molecule has 5 nitrogen and oxygen atoms in total. The van der Waals surface area contributed by atoms with Gasteiger partial charge in [0.05, 0.1) is 11.7 Å². The second kappa shape index (κ2) is 7.62. The van der Waals surface area contributed by atoms with Gasteiger partial charge in [-0.15, -0.1) is 0 Å². The highest BCUT2D eigenvalue weighted by atomic mass is 19.4. The molecule has 0 saturated carbocycles. The fourth-order valence-corrected chi connectivity index (χ4v) is 4.74. The van der Waals surface area contributed by atoms with Crippen LogP contribution in [0.15, 0.2) is 54.6 Å². The van der Waals surface area contributed by atoms with Gasteiger partial charge in [0.2, 0.25) is 0 Å². The number of nitrogens with one attached hydrogen (secondary N) is 2. The second-order valence-corrected chi connectivity index (χ2v) is 8.90. The zero-order valence-electron chi connectivity index (χ0n) is 17.8. The SMILES string of the molecule is CC1(C)C[C@](O)(C(F)(F)F)[C@@H](NC(=O)Nc2cccc3ccccc23)c2ccc(F)c(O)c21. The van der Waals surface area contributed by atoms with Crippen molar-refractivity contribution in [2.45, 2.75) is 43.5 Å². The van der Waals surface area contributed by atoms with E-state index in [1.807, 2.05) is 18.2 Å². The molecule has 3 aromatic carbocycles. The number of carbonyl (C=O) groups excluding carboxylic acids is 1. The normalized spacial score (nSPS) is 22.0. The van der Waals surface area contributed by atoms with Crippen molar-refractivity contribution in [3.05, 3.63) is 71.5 Å². The fourth-order valence-electron chi connectivity index (χ4n) is 4.74. The Bertz CT molecular complexity index is 1240. The number of alkyl halides is 3. The minimum absolute atomic E-state index is 0.0908. The van der Waals surface area contributed by atoms with E-state index in [1.165, 1.54) is 13.8 Å². The number of hydrogen-bond donors (Lipinski definition) is 4. The third-order valence-electron chi connectivity index (χ3n) is 6.14. The number of halogens is 4. The number of rotatable bonds is 2. The van der Waals surface area contributed by atoms with Crippen LogP contribution in [0.2, 0.25) is 0 Å². The summed E-state index contributed by atoms with van der Waals surface area (Å²) in [4.78, 5) is 12.8. The molecule has 3 aromatic rings. The number of phenolic OH excluding ortho intramolecular Hbond substituents is 1. The van der Waals surface area contributed by atoms with E-state index in [9.17, 15) is 32.6 Å². The molecule has 33 heavy (non-hydrogen) atoms. The molecule has 0 saturated heterocycles. The van der Waals surface area contributed by atoms with Crippen LogP contribution in [0.5, 0.6) is 5.75 Å². The van der Waals surface area contributed by atoms with Crippen molar-refractivity contribution < 1.29 is 32.6 Å². The summed E-state index contributed by atoms with van der Waals surface area (Å²) in [5, 5.41) is 27.4. The molecule has 0 bridgehead atoms. The minimum atomic E-state index is -5.12. The number of aromatic hydroxyl groups is 1. The average Bonchev–Trinajstić information content (AvgIpc) is 2.72. The van der Waals surface area contributed by atoms with Crippen molar-refractivity contribution >= 4 is 22.5 Å². The summed E-state index contributed by atoms with van der Waals surface area (Å²) in [5.74, 6) is -1.80. The van der Waals surface area contributed by atoms with Crippen LogP contribution in [0.3, 0.4) is 0 Å². The first-order valence-electron chi connectivity index (χ1n) is 10.2. The van der Waals surface area contributed by atoms with E-state index in [2.05, 4.69) is 10.6 Å². The summed E-state index contributed by atoms with van der Waals surface area (Å²) in [7, 11) is 0. The van der Waals surface area contributed by atoms with Crippen LogP contribution < -0.4 is 10.6 Å². The van der Waals surface area contributed by atoms with E-state index in [0.29, 0.717) is 11.1 Å². The molecule has 1 aliphatic carbocycles. The van der Waals surface area contributed by atoms with E-state index >= 15 is 0 Å². The molecule has 2 amide bonds. The molecule has 0 unspecified atom stereocenters. The average molecular weight is 462 g/mol. The first kappa shape index (κ1) is 22.8. The van der Waals surface area contributed by atoms with Crippen LogP contribution >= 0.6 is 0 Å². The first-order chi connectivity index (χ1) is 15.3. The summed E-state index contributed by atoms with van der Waals surface area (Å²) < 4.78 is 56.4. The predicted molar refractivity (Wildman–Crippen MR) is 116 cm³/mol. The largest absolute Gasteiger partial charge is 0.505 e. The number of benzene rings is 3. The summed E-state index contributed by atoms with van der Waals surface area (Å²) in [6.07, 6.45) is -6.02. The monoisotopic (exact) mass is 462 g/mol. The summed E-state index contributed by atoms with van der Waals surface area (Å²) in [6, 6.07) is 11.1. The van der Waals surface area contributed by atoms with Gasteiger partial charge in [0.15, 0.2) is 17.2 Å². The Morgan fingerprint density at radius 1 is 1.06 bits per heavy atom. The molecule has 9 heteroatoms. The van der Waals surface area contributed by atoms with E-state index in [-0.39, 0.29) is 11.1 Å². The Hall–Kier alpha value is -3.33. The number of phenols is 1. The van der Waals surface area contributed by atoms with Gasteiger partial charge in [0, 0.05) is 10.9 Å². The van der Waals surface area contributed by atoms with E-state index in [0.717, 1.165) is 17.5 Å². The highest BCUT2D eigenvalue weighted by Crippen LogP contribution is 2.55. The van der Waals surface area contributed by atoms with Gasteiger partial charge in [0.25, 0.3) is 0 Å². The molecule has 0 aromatic heterocycles. The highest BCUT2D eigenvalue weighted by molar-refractivity contribution is 6.01. The molecule has 2 atom stereocenters. The second-order valence-electron chi connectivity index (χ2n) is 8.90. The summed E-state index contributed by atoms with van der Waals surface area (Å²) >= 11 is 0. The maximum Gasteiger partial charge on any atom is 0.419 e. The number of hydrogen-bond acceptors (Lipinski definition) is 3. The summed E-state index contributed by atoms with van der Waals surface area (Å²) in [6.45, 7) is 2.74. The van der Waals surface area contributed by atoms with Crippen molar-refractivity contribution in [2.75, 3.05) is 5.32 Å². The van der Waals surface area contributed by atoms with Gasteiger partial charge in [-0.3, -0.25) is 0 Å². The first-order valence-corrected chi connectivity index (χ1v) is 10.2. The van der Waals surface area contributed by atoms with Gasteiger partial charge in [-0.2, -0.15) is 13.2 Å². The molecular weight excluding hydrogens is 440 g/mol. The number of carbonyl (C=O) groups is 1. The number of urea groups is 1. The number of amides is 2. The molecule has 4 N–H and O–H groups in total. The minimum Gasteiger partial charge on any atom is -0.505 e. The lowest BCUT2D eigenvalue weighted by Crippen LogP contribution is -2.61. The van der Waals surface area contributed by atoms with E-state index in [1.54, 1.807) is 24.3 Å². The maximum absolute atomic E-state index is 14.1. The topological polar surface area (TPSA) is 81.6 Å². The Morgan fingerprint density at radius 3 is 2.42 bits per heavy atom. The van der Waals surface area contributed by atoms with Crippen molar-refractivity contribution in [1.29, 1.82) is 0 Å². The quantitative estimate of drug-likeness (QED) is 0.379. The van der Waals surface area contributed by atoms with Crippen LogP contribution in [0, 0.1) is 5.82 Å². The standard InChI is InChI=1S/C24H22F4N2O3/c1-22(2)12-23(33,24(26,27)28)20(15-10-11-16(25)19(31)18(15)22)30-21(32)29-17-9-5-7-13-6-3-4-8-14(13)17/h3-11,20,31,33H,12H2,1-2H3,(H2,29,30,32)/t20-,23+/m0/s1. The molecule has 4 rings (SSSR count). The lowest BCUT2D eigenvalue weighted by Gasteiger charge is -2.48. The number of fused-ring (bicyclic) bond motifs is 2. The van der Waals surface area contributed by atoms with Crippen LogP contribution in [-0.2, 0) is 5.41 Å². The zero-order chi connectivity index (χ0) is 24.2. The van der Waals surface area contributed by atoms with Gasteiger partial charge >= 0.3 is 12.2 Å². The highest BCUT2D eigenvalue weighted by Gasteiger charge is 2.64. The van der Waals surface area contributed by atoms with Crippen LogP contribution in [0.1, 0.15) is 37.4 Å². The molecule has 0 radical (unpaired) electrons. The van der Waals surface area contributed by atoms with Gasteiger partial charge in [-0.1, -0.05) is 56.3 Å². The lowest BCUT2D eigenvalue weighted by atomic mass is 9.63. The predicted octanol–water partition coefficient (Wildman–Crippen LogP) is 5.52. The smallest absolute Gasteiger partial charge is 0.419 e. The number of anilines is 1. The van der Waals surface area contributed by atoms with Crippen molar-refractivity contribution in [2.24, 2.45) is 0 Å². The zero-order valence-corrected chi connectivity index (χ0v) is 17.8. The maximum atomic E-state index is 14.1. The van der Waals surface area contributed by atoms with E-state index < -0.39 is 47.3 Å². The van der Waals surface area contributed by atoms with E-state index in [4.69, 9.17) is 0 Å². The molecule has 1 aliphatic rings. The van der Waals surface area contributed by atoms with Crippen molar-refractivity contribution in [3.8, 4) is 5.75 Å². The molecule has 0 aliphatic heterocycles. The summed E-state index contributed by atoms with van der Waals surface area (Å²) in [5.41, 5.74) is -4.73. The Kier molecular flexibility index (Phi) is 5.28. The van der Waals surface area contributed by atoms with Gasteiger partial charge < -0.3 is 20.8 Å². The fraction of sp³-hybridized carbons (Fsp3) is 0.292. The molecule has 0 spiro atoms. The Balaban J connectivity index is 1.77. The molecular formula is C24H22F4N2O3. The molecule has 174 valence electrons. The van der Waals surface area contributed by atoms with Crippen molar-refractivity contribution in [1.82, 2.24) is 5.32 Å². The number of aliphatic hydroxyl groups is 1. The third kappa shape index (κ3) is 3.76. The van der Waals surface area contributed by atoms with Crippen LogP contribution in [0.4, 0.5) is 28.0 Å². The third-order valence-corrected chi connectivity index (χ3v) is 6.14. The van der Waals surface area contributed by atoms with Gasteiger partial charge in [-0.25, -0.2) is 9.18 Å². The Morgan fingerprint density at radius 2 is 1.73 bits per heavy atom. The van der Waals surface area contributed by atoms with Crippen LogP contribution in [-0.4, -0.2) is 28.0 Å². The van der Waals surface area contributed by atoms with Crippen molar-refractivity contribution in [3.63, 3.8) is 0 Å². The lowest BCUT2D eigenvalue weighted by molar-refractivity contribution is -0.280. The molecule has 0 fully saturated rings.